The first-order chi connectivity index (χ1) is 14.6. The van der Waals surface area contributed by atoms with E-state index in [0.717, 1.165) is 43.0 Å². The maximum absolute atomic E-state index is 13.3. The summed E-state index contributed by atoms with van der Waals surface area (Å²) >= 11 is 1.82. The lowest BCUT2D eigenvalue weighted by Gasteiger charge is -2.42. The highest BCUT2D eigenvalue weighted by atomic mass is 32.1. The Balaban J connectivity index is 1.40. The molecule has 0 saturated carbocycles. The molecule has 1 amide bonds. The minimum Gasteiger partial charge on any atom is -0.326 e. The van der Waals surface area contributed by atoms with Gasteiger partial charge in [0, 0.05) is 60.8 Å². The van der Waals surface area contributed by atoms with E-state index in [1.165, 1.54) is 23.9 Å². The number of amides is 1. The molecule has 0 spiro atoms. The fourth-order valence-corrected chi connectivity index (χ4v) is 5.70. The topological polar surface area (TPSA) is 54.3 Å². The van der Waals surface area contributed by atoms with Crippen molar-refractivity contribution >= 4 is 22.9 Å². The van der Waals surface area contributed by atoms with Gasteiger partial charge in [-0.1, -0.05) is 18.2 Å². The highest BCUT2D eigenvalue weighted by molar-refractivity contribution is 7.09. The lowest BCUT2D eigenvalue weighted by Crippen LogP contribution is -2.46. The van der Waals surface area contributed by atoms with Crippen LogP contribution in [-0.2, 0) is 17.9 Å². The van der Waals surface area contributed by atoms with Crippen LogP contribution in [0.1, 0.15) is 29.8 Å². The van der Waals surface area contributed by atoms with Gasteiger partial charge in [-0.25, -0.2) is 0 Å². The number of rotatable bonds is 4. The van der Waals surface area contributed by atoms with Gasteiger partial charge in [0.25, 0.3) is 5.56 Å². The number of aromatic nitrogens is 1. The molecule has 3 aromatic rings. The van der Waals surface area contributed by atoms with Gasteiger partial charge >= 0.3 is 0 Å². The van der Waals surface area contributed by atoms with Crippen LogP contribution < -0.4 is 10.9 Å². The van der Waals surface area contributed by atoms with Crippen LogP contribution in [0.15, 0.2) is 58.7 Å². The van der Waals surface area contributed by atoms with Crippen LogP contribution in [-0.4, -0.2) is 28.5 Å². The molecule has 1 N–H and O–H groups in total. The third kappa shape index (κ3) is 3.73. The molecule has 1 saturated heterocycles. The number of thiophene rings is 1. The molecule has 154 valence electrons. The number of carbonyl (C=O) groups is 1. The SMILES string of the molecule is CC(=O)Nc1ccc(-c2ccc3n(c2=O)CC2CC3CN(Cc3cccs3)C2)cc1. The minimum atomic E-state index is -0.101. The molecule has 4 heterocycles. The summed E-state index contributed by atoms with van der Waals surface area (Å²) in [5, 5.41) is 4.91. The van der Waals surface area contributed by atoms with Gasteiger partial charge in [0.1, 0.15) is 0 Å². The molecule has 2 aliphatic rings. The highest BCUT2D eigenvalue weighted by Crippen LogP contribution is 2.36. The van der Waals surface area contributed by atoms with E-state index < -0.39 is 0 Å². The number of likely N-dealkylation sites (tertiary alicyclic amines) is 1. The van der Waals surface area contributed by atoms with Gasteiger partial charge in [0.05, 0.1) is 0 Å². The average Bonchev–Trinajstić information content (AvgIpc) is 3.22. The van der Waals surface area contributed by atoms with Gasteiger partial charge in [-0.15, -0.1) is 11.3 Å². The molecule has 5 nitrogen and oxygen atoms in total. The number of nitrogens with one attached hydrogen (secondary N) is 1. The Kier molecular flexibility index (Phi) is 5.05. The molecule has 30 heavy (non-hydrogen) atoms. The lowest BCUT2D eigenvalue weighted by molar-refractivity contribution is -0.114. The zero-order valence-corrected chi connectivity index (χ0v) is 17.8. The molecule has 2 unspecified atom stereocenters. The van der Waals surface area contributed by atoms with Crippen molar-refractivity contribution in [2.45, 2.75) is 32.4 Å². The molecule has 6 heteroatoms. The maximum atomic E-state index is 13.3. The van der Waals surface area contributed by atoms with Crippen molar-refractivity contribution in [1.82, 2.24) is 9.47 Å². The monoisotopic (exact) mass is 419 g/mol. The van der Waals surface area contributed by atoms with E-state index in [-0.39, 0.29) is 11.5 Å². The molecule has 1 fully saturated rings. The smallest absolute Gasteiger partial charge is 0.258 e. The van der Waals surface area contributed by atoms with Crippen molar-refractivity contribution in [1.29, 1.82) is 0 Å². The van der Waals surface area contributed by atoms with Gasteiger partial charge in [-0.2, -0.15) is 0 Å². The van der Waals surface area contributed by atoms with E-state index in [2.05, 4.69) is 33.8 Å². The zero-order valence-electron chi connectivity index (χ0n) is 17.0. The van der Waals surface area contributed by atoms with Gasteiger partial charge in [0.2, 0.25) is 5.91 Å². The van der Waals surface area contributed by atoms with Crippen molar-refractivity contribution in [3.05, 3.63) is 74.8 Å². The summed E-state index contributed by atoms with van der Waals surface area (Å²) in [7, 11) is 0. The largest absolute Gasteiger partial charge is 0.326 e. The van der Waals surface area contributed by atoms with Gasteiger partial charge < -0.3 is 9.88 Å². The fraction of sp³-hybridized carbons (Fsp3) is 0.333. The standard InChI is InChI=1S/C24H25N3O2S/c1-16(28)25-20-6-4-18(5-7-20)22-8-9-23-19-11-17(13-27(23)24(22)29)12-26(14-19)15-21-3-2-10-30-21/h2-10,17,19H,11-15H2,1H3,(H,25,28). The molecular formula is C24H25N3O2S. The van der Waals surface area contributed by atoms with E-state index >= 15 is 0 Å². The van der Waals surface area contributed by atoms with Crippen molar-refractivity contribution in [2.75, 3.05) is 18.4 Å². The molecule has 2 aromatic heterocycles. The molecule has 5 rings (SSSR count). The number of carbonyl (C=O) groups excluding carboxylic acids is 1. The summed E-state index contributed by atoms with van der Waals surface area (Å²) in [5.41, 5.74) is 3.62. The quantitative estimate of drug-likeness (QED) is 0.691. The Morgan fingerprint density at radius 1 is 1.10 bits per heavy atom. The number of fused-ring (bicyclic) bond motifs is 4. The Labute approximate surface area is 180 Å². The van der Waals surface area contributed by atoms with Crippen LogP contribution in [0.25, 0.3) is 11.1 Å². The first kappa shape index (κ1) is 19.3. The van der Waals surface area contributed by atoms with Crippen molar-refractivity contribution in [3.8, 4) is 11.1 Å². The second-order valence-corrected chi connectivity index (χ2v) is 9.45. The third-order valence-corrected chi connectivity index (χ3v) is 7.02. The third-order valence-electron chi connectivity index (χ3n) is 6.16. The van der Waals surface area contributed by atoms with Crippen LogP contribution in [0.2, 0.25) is 0 Å². The van der Waals surface area contributed by atoms with Crippen LogP contribution in [0.3, 0.4) is 0 Å². The number of nitrogens with zero attached hydrogens (tertiary/aromatic N) is 2. The predicted octanol–water partition coefficient (Wildman–Crippen LogP) is 4.15. The number of pyridine rings is 1. The van der Waals surface area contributed by atoms with Crippen LogP contribution in [0, 0.1) is 5.92 Å². The van der Waals surface area contributed by atoms with Crippen molar-refractivity contribution in [3.63, 3.8) is 0 Å². The Hall–Kier alpha value is -2.70. The summed E-state index contributed by atoms with van der Waals surface area (Å²) in [6, 6.07) is 15.9. The number of hydrogen-bond acceptors (Lipinski definition) is 4. The van der Waals surface area contributed by atoms with Gasteiger partial charge in [-0.05, 0) is 53.6 Å². The molecule has 0 aliphatic carbocycles. The normalized spacial score (nSPS) is 20.6. The second kappa shape index (κ2) is 7.85. The number of piperidine rings is 1. The maximum Gasteiger partial charge on any atom is 0.258 e. The molecular weight excluding hydrogens is 394 g/mol. The van der Waals surface area contributed by atoms with E-state index in [1.54, 1.807) is 0 Å². The van der Waals surface area contributed by atoms with E-state index in [0.29, 0.717) is 11.8 Å². The van der Waals surface area contributed by atoms with Crippen LogP contribution in [0.5, 0.6) is 0 Å². The number of benzene rings is 1. The molecule has 2 atom stereocenters. The summed E-state index contributed by atoms with van der Waals surface area (Å²) in [4.78, 5) is 28.5. The minimum absolute atomic E-state index is 0.0983. The van der Waals surface area contributed by atoms with E-state index in [9.17, 15) is 9.59 Å². The second-order valence-electron chi connectivity index (χ2n) is 8.42. The Morgan fingerprint density at radius 3 is 2.67 bits per heavy atom. The molecule has 2 bridgehead atoms. The highest BCUT2D eigenvalue weighted by Gasteiger charge is 2.35. The first-order valence-corrected chi connectivity index (χ1v) is 11.3. The molecule has 0 radical (unpaired) electrons. The van der Waals surface area contributed by atoms with E-state index in [1.807, 2.05) is 46.2 Å². The Bertz CT molecular complexity index is 1120. The number of anilines is 1. The fourth-order valence-electron chi connectivity index (χ4n) is 4.95. The number of hydrogen-bond donors (Lipinski definition) is 1. The van der Waals surface area contributed by atoms with E-state index in [4.69, 9.17) is 0 Å². The summed E-state index contributed by atoms with van der Waals surface area (Å²) in [6.45, 7) is 5.35. The zero-order chi connectivity index (χ0) is 20.7. The average molecular weight is 420 g/mol. The first-order valence-electron chi connectivity index (χ1n) is 10.4. The van der Waals surface area contributed by atoms with Gasteiger partial charge in [-0.3, -0.25) is 14.5 Å². The summed E-state index contributed by atoms with van der Waals surface area (Å²) < 4.78 is 2.01. The molecule has 2 aliphatic heterocycles. The van der Waals surface area contributed by atoms with Crippen molar-refractivity contribution in [2.24, 2.45) is 5.92 Å². The van der Waals surface area contributed by atoms with Crippen molar-refractivity contribution < 1.29 is 4.79 Å². The Morgan fingerprint density at radius 2 is 1.93 bits per heavy atom. The molecule has 1 aromatic carbocycles. The van der Waals surface area contributed by atoms with Gasteiger partial charge in [0.15, 0.2) is 0 Å². The lowest BCUT2D eigenvalue weighted by atomic mass is 9.82. The summed E-state index contributed by atoms with van der Waals surface area (Å²) in [6.07, 6.45) is 1.17. The summed E-state index contributed by atoms with van der Waals surface area (Å²) in [5.74, 6) is 0.837. The predicted molar refractivity (Wildman–Crippen MR) is 121 cm³/mol. The van der Waals surface area contributed by atoms with Crippen LogP contribution >= 0.6 is 11.3 Å². The van der Waals surface area contributed by atoms with Crippen LogP contribution in [0.4, 0.5) is 5.69 Å².